The summed E-state index contributed by atoms with van der Waals surface area (Å²) in [4.78, 5) is 14.8. The molecule has 2 aliphatic rings. The van der Waals surface area contributed by atoms with Crippen molar-refractivity contribution >= 4 is 5.78 Å². The van der Waals surface area contributed by atoms with E-state index in [9.17, 15) is 4.79 Å². The number of hydrogen-bond donors (Lipinski definition) is 0. The van der Waals surface area contributed by atoms with Crippen molar-refractivity contribution < 1.29 is 14.3 Å². The van der Waals surface area contributed by atoms with Crippen molar-refractivity contribution in [3.63, 3.8) is 0 Å². The standard InChI is InChI=1S/C18H25NO3/c20-16(8-11-19-9-3-1-2-4-10-19)15-6-7-17-18(14-15)22-13-5-12-21-17/h6-7,14H,1-5,8-13H2. The zero-order valence-corrected chi connectivity index (χ0v) is 13.2. The first-order valence-corrected chi connectivity index (χ1v) is 8.48. The van der Waals surface area contributed by atoms with Crippen LogP contribution in [0.4, 0.5) is 0 Å². The van der Waals surface area contributed by atoms with Crippen molar-refractivity contribution in [3.8, 4) is 11.5 Å². The van der Waals surface area contributed by atoms with Crippen LogP contribution in [0, 0.1) is 0 Å². The summed E-state index contributed by atoms with van der Waals surface area (Å²) in [7, 11) is 0. The molecule has 0 N–H and O–H groups in total. The molecule has 1 aromatic rings. The molecule has 0 radical (unpaired) electrons. The fraction of sp³-hybridized carbons (Fsp3) is 0.611. The summed E-state index contributed by atoms with van der Waals surface area (Å²) in [6.45, 7) is 4.46. The predicted octanol–water partition coefficient (Wildman–Crippen LogP) is 3.30. The molecule has 0 atom stereocenters. The highest BCUT2D eigenvalue weighted by atomic mass is 16.5. The molecule has 0 aromatic heterocycles. The third kappa shape index (κ3) is 4.01. The van der Waals surface area contributed by atoms with E-state index in [2.05, 4.69) is 4.90 Å². The van der Waals surface area contributed by atoms with Gasteiger partial charge in [0.15, 0.2) is 17.3 Å². The maximum absolute atomic E-state index is 12.4. The molecule has 0 unspecified atom stereocenters. The number of ether oxygens (including phenoxy) is 2. The van der Waals surface area contributed by atoms with E-state index in [1.165, 1.54) is 25.7 Å². The first kappa shape index (κ1) is 15.3. The smallest absolute Gasteiger partial charge is 0.164 e. The Balaban J connectivity index is 1.58. The number of fused-ring (bicyclic) bond motifs is 1. The molecule has 0 aliphatic carbocycles. The Morgan fingerprint density at radius 1 is 0.955 bits per heavy atom. The maximum Gasteiger partial charge on any atom is 0.164 e. The quantitative estimate of drug-likeness (QED) is 0.800. The fourth-order valence-electron chi connectivity index (χ4n) is 3.10. The van der Waals surface area contributed by atoms with Gasteiger partial charge in [0.2, 0.25) is 0 Å². The topological polar surface area (TPSA) is 38.8 Å². The molecule has 0 spiro atoms. The number of carbonyl (C=O) groups excluding carboxylic acids is 1. The number of Topliss-reactive ketones (excluding diaryl/α,β-unsaturated/α-hetero) is 1. The van der Waals surface area contributed by atoms with E-state index in [1.807, 2.05) is 18.2 Å². The second-order valence-corrected chi connectivity index (χ2v) is 6.14. The molecule has 0 saturated carbocycles. The lowest BCUT2D eigenvalue weighted by molar-refractivity contribution is 0.0964. The Morgan fingerprint density at radius 2 is 1.68 bits per heavy atom. The fourth-order valence-corrected chi connectivity index (χ4v) is 3.10. The normalized spacial score (nSPS) is 19.3. The maximum atomic E-state index is 12.4. The third-order valence-electron chi connectivity index (χ3n) is 4.42. The van der Waals surface area contributed by atoms with Crippen LogP contribution in [0.2, 0.25) is 0 Å². The minimum atomic E-state index is 0.194. The summed E-state index contributed by atoms with van der Waals surface area (Å²) in [5.74, 6) is 1.65. The van der Waals surface area contributed by atoms with Crippen LogP contribution in [0.3, 0.4) is 0 Å². The van der Waals surface area contributed by atoms with Gasteiger partial charge in [-0.2, -0.15) is 0 Å². The van der Waals surface area contributed by atoms with Crippen molar-refractivity contribution in [1.29, 1.82) is 0 Å². The Hall–Kier alpha value is -1.55. The van der Waals surface area contributed by atoms with Crippen LogP contribution in [0.25, 0.3) is 0 Å². The summed E-state index contributed by atoms with van der Waals surface area (Å²) in [5, 5.41) is 0. The molecule has 3 rings (SSSR count). The van der Waals surface area contributed by atoms with Crippen LogP contribution in [0.1, 0.15) is 48.9 Å². The molecule has 120 valence electrons. The number of nitrogens with zero attached hydrogens (tertiary/aromatic N) is 1. The summed E-state index contributed by atoms with van der Waals surface area (Å²) in [6.07, 6.45) is 6.64. The molecule has 1 fully saturated rings. The van der Waals surface area contributed by atoms with E-state index in [0.717, 1.165) is 37.4 Å². The molecule has 22 heavy (non-hydrogen) atoms. The molecule has 0 amide bonds. The van der Waals surface area contributed by atoms with Gasteiger partial charge < -0.3 is 14.4 Å². The zero-order chi connectivity index (χ0) is 15.2. The molecule has 1 saturated heterocycles. The van der Waals surface area contributed by atoms with Gasteiger partial charge in [-0.25, -0.2) is 0 Å². The average molecular weight is 303 g/mol. The largest absolute Gasteiger partial charge is 0.490 e. The Morgan fingerprint density at radius 3 is 2.45 bits per heavy atom. The summed E-state index contributed by atoms with van der Waals surface area (Å²) in [5.41, 5.74) is 0.735. The van der Waals surface area contributed by atoms with Gasteiger partial charge in [0.1, 0.15) is 0 Å². The number of likely N-dealkylation sites (tertiary alicyclic amines) is 1. The number of hydrogen-bond acceptors (Lipinski definition) is 4. The van der Waals surface area contributed by atoms with Crippen LogP contribution in [0.5, 0.6) is 11.5 Å². The molecular formula is C18H25NO3. The van der Waals surface area contributed by atoms with Crippen LogP contribution in [0.15, 0.2) is 18.2 Å². The molecule has 0 bridgehead atoms. The summed E-state index contributed by atoms with van der Waals surface area (Å²) in [6, 6.07) is 5.56. The first-order valence-electron chi connectivity index (χ1n) is 8.48. The molecule has 4 heteroatoms. The minimum Gasteiger partial charge on any atom is -0.490 e. The van der Waals surface area contributed by atoms with E-state index < -0.39 is 0 Å². The Kier molecular flexibility index (Phi) is 5.33. The van der Waals surface area contributed by atoms with E-state index >= 15 is 0 Å². The van der Waals surface area contributed by atoms with Crippen molar-refractivity contribution in [1.82, 2.24) is 4.90 Å². The molecule has 4 nitrogen and oxygen atoms in total. The lowest BCUT2D eigenvalue weighted by Gasteiger charge is -2.19. The second-order valence-electron chi connectivity index (χ2n) is 6.14. The van der Waals surface area contributed by atoms with Crippen molar-refractivity contribution in [2.45, 2.75) is 38.5 Å². The van der Waals surface area contributed by atoms with Gasteiger partial charge in [-0.05, 0) is 44.1 Å². The Bertz CT molecular complexity index is 507. The van der Waals surface area contributed by atoms with E-state index in [1.54, 1.807) is 0 Å². The highest BCUT2D eigenvalue weighted by molar-refractivity contribution is 5.96. The van der Waals surface area contributed by atoms with Crippen LogP contribution >= 0.6 is 0 Å². The minimum absolute atomic E-state index is 0.194. The highest BCUT2D eigenvalue weighted by Gasteiger charge is 2.15. The van der Waals surface area contributed by atoms with Crippen LogP contribution in [-0.2, 0) is 0 Å². The van der Waals surface area contributed by atoms with Crippen molar-refractivity contribution in [3.05, 3.63) is 23.8 Å². The van der Waals surface area contributed by atoms with E-state index in [-0.39, 0.29) is 5.78 Å². The molecular weight excluding hydrogens is 278 g/mol. The number of carbonyl (C=O) groups is 1. The number of rotatable bonds is 4. The van der Waals surface area contributed by atoms with Gasteiger partial charge in [-0.1, -0.05) is 12.8 Å². The monoisotopic (exact) mass is 303 g/mol. The number of ketones is 1. The van der Waals surface area contributed by atoms with Gasteiger partial charge in [0.05, 0.1) is 13.2 Å². The number of benzene rings is 1. The predicted molar refractivity (Wildman–Crippen MR) is 85.9 cm³/mol. The third-order valence-corrected chi connectivity index (χ3v) is 4.42. The van der Waals surface area contributed by atoms with Gasteiger partial charge >= 0.3 is 0 Å². The highest BCUT2D eigenvalue weighted by Crippen LogP contribution is 2.30. The SMILES string of the molecule is O=C(CCN1CCCCCC1)c1ccc2c(c1)OCCCO2. The van der Waals surface area contributed by atoms with Gasteiger partial charge in [0, 0.05) is 24.9 Å². The zero-order valence-electron chi connectivity index (χ0n) is 13.2. The second kappa shape index (κ2) is 7.63. The molecule has 1 aromatic carbocycles. The Labute approximate surface area is 132 Å². The lowest BCUT2D eigenvalue weighted by atomic mass is 10.1. The van der Waals surface area contributed by atoms with Crippen molar-refractivity contribution in [2.24, 2.45) is 0 Å². The first-order chi connectivity index (χ1) is 10.8. The summed E-state index contributed by atoms with van der Waals surface area (Å²) < 4.78 is 11.3. The average Bonchev–Trinajstić information content (AvgIpc) is 2.94. The van der Waals surface area contributed by atoms with E-state index in [4.69, 9.17) is 9.47 Å². The lowest BCUT2D eigenvalue weighted by Crippen LogP contribution is -2.27. The van der Waals surface area contributed by atoms with Gasteiger partial charge in [-0.3, -0.25) is 4.79 Å². The molecule has 2 heterocycles. The molecule has 2 aliphatic heterocycles. The van der Waals surface area contributed by atoms with Crippen molar-refractivity contribution in [2.75, 3.05) is 32.8 Å². The van der Waals surface area contributed by atoms with Crippen LogP contribution < -0.4 is 9.47 Å². The van der Waals surface area contributed by atoms with E-state index in [0.29, 0.717) is 25.4 Å². The van der Waals surface area contributed by atoms with Crippen LogP contribution in [-0.4, -0.2) is 43.5 Å². The van der Waals surface area contributed by atoms with Gasteiger partial charge in [0.25, 0.3) is 0 Å². The van der Waals surface area contributed by atoms with Gasteiger partial charge in [-0.15, -0.1) is 0 Å². The summed E-state index contributed by atoms with van der Waals surface area (Å²) >= 11 is 0.